The predicted octanol–water partition coefficient (Wildman–Crippen LogP) is 4.26. The lowest BCUT2D eigenvalue weighted by Crippen LogP contribution is -2.39. The smallest absolute Gasteiger partial charge is 0.0587 e. The van der Waals surface area contributed by atoms with Gasteiger partial charge in [-0.05, 0) is 56.6 Å². The van der Waals surface area contributed by atoms with Crippen LogP contribution in [0.4, 0.5) is 0 Å². The highest BCUT2D eigenvalue weighted by molar-refractivity contribution is 5.21. The van der Waals surface area contributed by atoms with E-state index in [1.807, 2.05) is 0 Å². The summed E-state index contributed by atoms with van der Waals surface area (Å²) >= 11 is 0. The van der Waals surface area contributed by atoms with Gasteiger partial charge in [0.25, 0.3) is 0 Å². The van der Waals surface area contributed by atoms with Crippen LogP contribution in [0.1, 0.15) is 62.8 Å². The first-order valence-corrected chi connectivity index (χ1v) is 8.83. The van der Waals surface area contributed by atoms with Gasteiger partial charge in [-0.1, -0.05) is 43.2 Å². The quantitative estimate of drug-likeness (QED) is 0.873. The molecule has 1 saturated carbocycles. The maximum atomic E-state index is 5.84. The molecule has 1 aromatic rings. The number of hydrogen-bond acceptors (Lipinski definition) is 2. The molecule has 3 atom stereocenters. The average molecular weight is 287 g/mol. The van der Waals surface area contributed by atoms with Crippen LogP contribution in [0.2, 0.25) is 0 Å². The van der Waals surface area contributed by atoms with E-state index in [9.17, 15) is 0 Å². The molecule has 1 heterocycles. The van der Waals surface area contributed by atoms with Crippen LogP contribution in [-0.2, 0) is 4.74 Å². The highest BCUT2D eigenvalue weighted by atomic mass is 16.5. The molecule has 21 heavy (non-hydrogen) atoms. The van der Waals surface area contributed by atoms with Gasteiger partial charge in [-0.15, -0.1) is 0 Å². The van der Waals surface area contributed by atoms with Gasteiger partial charge < -0.3 is 10.1 Å². The Morgan fingerprint density at radius 3 is 2.57 bits per heavy atom. The first kappa shape index (κ1) is 15.1. The topological polar surface area (TPSA) is 21.3 Å². The molecule has 2 fully saturated rings. The van der Waals surface area contributed by atoms with Gasteiger partial charge in [-0.3, -0.25) is 0 Å². The third kappa shape index (κ3) is 4.31. The van der Waals surface area contributed by atoms with Crippen molar-refractivity contribution in [2.45, 2.75) is 69.4 Å². The van der Waals surface area contributed by atoms with E-state index in [0.717, 1.165) is 13.2 Å². The third-order valence-electron chi connectivity index (χ3n) is 5.14. The van der Waals surface area contributed by atoms with Gasteiger partial charge in [0.2, 0.25) is 0 Å². The summed E-state index contributed by atoms with van der Waals surface area (Å²) in [5.41, 5.74) is 1.52. The van der Waals surface area contributed by atoms with Gasteiger partial charge in [0.1, 0.15) is 0 Å². The molecule has 0 aromatic heterocycles. The van der Waals surface area contributed by atoms with E-state index in [1.54, 1.807) is 0 Å². The molecule has 3 rings (SSSR count). The Labute approximate surface area is 129 Å². The molecule has 0 bridgehead atoms. The van der Waals surface area contributed by atoms with Gasteiger partial charge in [0, 0.05) is 12.6 Å². The highest BCUT2D eigenvalue weighted by Gasteiger charge is 2.26. The van der Waals surface area contributed by atoms with Crippen LogP contribution in [0.3, 0.4) is 0 Å². The van der Waals surface area contributed by atoms with E-state index in [4.69, 9.17) is 4.74 Å². The second kappa shape index (κ2) is 7.95. The van der Waals surface area contributed by atoms with Crippen LogP contribution >= 0.6 is 0 Å². The summed E-state index contributed by atoms with van der Waals surface area (Å²) in [6, 6.07) is 11.7. The van der Waals surface area contributed by atoms with Crippen molar-refractivity contribution in [2.24, 2.45) is 0 Å². The Kier molecular flexibility index (Phi) is 5.70. The third-order valence-corrected chi connectivity index (χ3v) is 5.14. The van der Waals surface area contributed by atoms with Crippen LogP contribution in [0.15, 0.2) is 30.3 Å². The molecule has 2 aliphatic rings. The van der Waals surface area contributed by atoms with Crippen molar-refractivity contribution < 1.29 is 4.74 Å². The number of benzene rings is 1. The van der Waals surface area contributed by atoms with E-state index < -0.39 is 0 Å². The van der Waals surface area contributed by atoms with Gasteiger partial charge >= 0.3 is 0 Å². The van der Waals surface area contributed by atoms with Crippen LogP contribution < -0.4 is 5.32 Å². The molecule has 1 aliphatic carbocycles. The fourth-order valence-electron chi connectivity index (χ4n) is 3.94. The first-order chi connectivity index (χ1) is 10.4. The van der Waals surface area contributed by atoms with Crippen LogP contribution in [0.25, 0.3) is 0 Å². The van der Waals surface area contributed by atoms with Gasteiger partial charge in [0.05, 0.1) is 6.10 Å². The fraction of sp³-hybridized carbons (Fsp3) is 0.684. The maximum Gasteiger partial charge on any atom is 0.0587 e. The monoisotopic (exact) mass is 287 g/mol. The van der Waals surface area contributed by atoms with Crippen molar-refractivity contribution in [1.29, 1.82) is 0 Å². The number of rotatable bonds is 5. The van der Waals surface area contributed by atoms with Gasteiger partial charge in [-0.25, -0.2) is 0 Å². The molecule has 116 valence electrons. The van der Waals surface area contributed by atoms with Gasteiger partial charge in [-0.2, -0.15) is 0 Å². The predicted molar refractivity (Wildman–Crippen MR) is 87.6 cm³/mol. The molecule has 2 nitrogen and oxygen atoms in total. The van der Waals surface area contributed by atoms with Crippen molar-refractivity contribution in [1.82, 2.24) is 5.32 Å². The minimum Gasteiger partial charge on any atom is -0.378 e. The molecule has 1 aliphatic heterocycles. The lowest BCUT2D eigenvalue weighted by molar-refractivity contribution is 0.0109. The lowest BCUT2D eigenvalue weighted by Gasteiger charge is -2.33. The summed E-state index contributed by atoms with van der Waals surface area (Å²) in [5, 5.41) is 3.84. The standard InChI is InChI=1S/C19H29NO/c1-2-8-16(9-3-1)18-11-4-5-12-19(18)20-14-13-17-10-6-7-15-21-17/h1-3,8-9,17-20H,4-7,10-15H2. The molecular weight excluding hydrogens is 258 g/mol. The van der Waals surface area contributed by atoms with Gasteiger partial charge in [0.15, 0.2) is 0 Å². The molecule has 2 heteroatoms. The SMILES string of the molecule is c1ccc(C2CCCCC2NCCC2CCCCO2)cc1. The molecule has 0 spiro atoms. The molecule has 0 radical (unpaired) electrons. The lowest BCUT2D eigenvalue weighted by atomic mass is 9.80. The minimum absolute atomic E-state index is 0.505. The van der Waals surface area contributed by atoms with E-state index in [0.29, 0.717) is 18.1 Å². The number of ether oxygens (including phenoxy) is 1. The van der Waals surface area contributed by atoms with E-state index in [2.05, 4.69) is 35.6 Å². The summed E-state index contributed by atoms with van der Waals surface area (Å²) in [6.45, 7) is 2.08. The highest BCUT2D eigenvalue weighted by Crippen LogP contribution is 2.33. The number of hydrogen-bond donors (Lipinski definition) is 1. The van der Waals surface area contributed by atoms with Crippen LogP contribution in [0, 0.1) is 0 Å². The zero-order chi connectivity index (χ0) is 14.3. The summed E-state index contributed by atoms with van der Waals surface area (Å²) in [6.07, 6.45) is 11.0. The summed E-state index contributed by atoms with van der Waals surface area (Å²) in [5.74, 6) is 0.701. The van der Waals surface area contributed by atoms with Crippen molar-refractivity contribution >= 4 is 0 Å². The van der Waals surface area contributed by atoms with Crippen LogP contribution in [0.5, 0.6) is 0 Å². The Balaban J connectivity index is 1.50. The Morgan fingerprint density at radius 1 is 0.952 bits per heavy atom. The molecular formula is C19H29NO. The number of nitrogens with one attached hydrogen (secondary N) is 1. The Morgan fingerprint density at radius 2 is 1.76 bits per heavy atom. The summed E-state index contributed by atoms with van der Waals surface area (Å²) in [7, 11) is 0. The Hall–Kier alpha value is -0.860. The van der Waals surface area contributed by atoms with E-state index in [1.165, 1.54) is 56.9 Å². The molecule has 1 aromatic carbocycles. The molecule has 1 saturated heterocycles. The van der Waals surface area contributed by atoms with Crippen molar-refractivity contribution in [3.8, 4) is 0 Å². The molecule has 1 N–H and O–H groups in total. The maximum absolute atomic E-state index is 5.84. The molecule has 0 amide bonds. The largest absolute Gasteiger partial charge is 0.378 e. The fourth-order valence-corrected chi connectivity index (χ4v) is 3.94. The first-order valence-electron chi connectivity index (χ1n) is 8.83. The zero-order valence-electron chi connectivity index (χ0n) is 13.1. The van der Waals surface area contributed by atoms with E-state index >= 15 is 0 Å². The zero-order valence-corrected chi connectivity index (χ0v) is 13.1. The van der Waals surface area contributed by atoms with Crippen molar-refractivity contribution in [2.75, 3.05) is 13.2 Å². The van der Waals surface area contributed by atoms with Crippen LogP contribution in [-0.4, -0.2) is 25.3 Å². The second-order valence-corrected chi connectivity index (χ2v) is 6.64. The summed E-state index contributed by atoms with van der Waals surface area (Å²) < 4.78 is 5.84. The minimum atomic E-state index is 0.505. The van der Waals surface area contributed by atoms with Crippen molar-refractivity contribution in [3.63, 3.8) is 0 Å². The average Bonchev–Trinajstić information content (AvgIpc) is 2.57. The van der Waals surface area contributed by atoms with Crippen molar-refractivity contribution in [3.05, 3.63) is 35.9 Å². The Bertz CT molecular complexity index is 399. The normalized spacial score (nSPS) is 30.2. The second-order valence-electron chi connectivity index (χ2n) is 6.64. The van der Waals surface area contributed by atoms with E-state index in [-0.39, 0.29) is 0 Å². The molecule has 3 unspecified atom stereocenters. The summed E-state index contributed by atoms with van der Waals surface area (Å²) in [4.78, 5) is 0.